The first-order valence-electron chi connectivity index (χ1n) is 6.66. The van der Waals surface area contributed by atoms with Gasteiger partial charge in [-0.15, -0.1) is 0 Å². The Morgan fingerprint density at radius 2 is 2.50 bits per heavy atom. The molecular formula is C13H16N6O. The number of nitrogens with zero attached hydrogens (tertiary/aromatic N) is 4. The first-order chi connectivity index (χ1) is 9.83. The number of aromatic nitrogens is 4. The van der Waals surface area contributed by atoms with Crippen LogP contribution in [0.1, 0.15) is 19.3 Å². The third kappa shape index (κ3) is 2.83. The van der Waals surface area contributed by atoms with Crippen LogP contribution >= 0.6 is 0 Å². The number of amides is 1. The van der Waals surface area contributed by atoms with Gasteiger partial charge in [0.15, 0.2) is 5.82 Å². The van der Waals surface area contributed by atoms with Gasteiger partial charge in [-0.3, -0.25) is 4.79 Å². The van der Waals surface area contributed by atoms with E-state index in [1.807, 2.05) is 6.07 Å². The van der Waals surface area contributed by atoms with E-state index in [0.29, 0.717) is 17.9 Å². The fourth-order valence-electron chi connectivity index (χ4n) is 2.35. The number of nitrogens with one attached hydrogen (secondary N) is 2. The Morgan fingerprint density at radius 3 is 3.25 bits per heavy atom. The van der Waals surface area contributed by atoms with E-state index in [-0.39, 0.29) is 11.9 Å². The molecule has 0 bridgehead atoms. The van der Waals surface area contributed by atoms with Crippen molar-refractivity contribution in [2.75, 3.05) is 11.9 Å². The summed E-state index contributed by atoms with van der Waals surface area (Å²) in [6.45, 7) is 0.995. The zero-order valence-electron chi connectivity index (χ0n) is 11.0. The average Bonchev–Trinajstić information content (AvgIpc) is 3.11. The van der Waals surface area contributed by atoms with E-state index >= 15 is 0 Å². The molecule has 2 N–H and O–H groups in total. The summed E-state index contributed by atoms with van der Waals surface area (Å²) in [6.07, 6.45) is 7.31. The SMILES string of the molecule is O=C(CC1CCCN1)Nc1cccnc1-n1cncn1. The average molecular weight is 272 g/mol. The number of hydrogen-bond donors (Lipinski definition) is 2. The summed E-state index contributed by atoms with van der Waals surface area (Å²) >= 11 is 0. The zero-order chi connectivity index (χ0) is 13.8. The molecule has 0 spiro atoms. The van der Waals surface area contributed by atoms with Crippen molar-refractivity contribution in [3.05, 3.63) is 31.0 Å². The van der Waals surface area contributed by atoms with Crippen molar-refractivity contribution in [2.45, 2.75) is 25.3 Å². The number of hydrogen-bond acceptors (Lipinski definition) is 5. The van der Waals surface area contributed by atoms with Crippen LogP contribution in [0.5, 0.6) is 0 Å². The second-order valence-corrected chi connectivity index (χ2v) is 4.76. The monoisotopic (exact) mass is 272 g/mol. The molecule has 1 saturated heterocycles. The zero-order valence-corrected chi connectivity index (χ0v) is 11.0. The van der Waals surface area contributed by atoms with Crippen molar-refractivity contribution in [2.24, 2.45) is 0 Å². The molecular weight excluding hydrogens is 256 g/mol. The third-order valence-corrected chi connectivity index (χ3v) is 3.29. The van der Waals surface area contributed by atoms with E-state index in [0.717, 1.165) is 19.4 Å². The molecule has 104 valence electrons. The van der Waals surface area contributed by atoms with Crippen molar-refractivity contribution >= 4 is 11.6 Å². The Balaban J connectivity index is 1.72. The van der Waals surface area contributed by atoms with Gasteiger partial charge in [-0.05, 0) is 31.5 Å². The molecule has 3 rings (SSSR count). The maximum Gasteiger partial charge on any atom is 0.226 e. The fourth-order valence-corrected chi connectivity index (χ4v) is 2.35. The largest absolute Gasteiger partial charge is 0.323 e. The standard InChI is InChI=1S/C13H16N6O/c20-12(7-10-3-1-5-15-10)18-11-4-2-6-16-13(11)19-9-14-8-17-19/h2,4,6,8-10,15H,1,3,5,7H2,(H,18,20). The quantitative estimate of drug-likeness (QED) is 0.857. The second-order valence-electron chi connectivity index (χ2n) is 4.76. The van der Waals surface area contributed by atoms with Gasteiger partial charge in [-0.25, -0.2) is 14.6 Å². The summed E-state index contributed by atoms with van der Waals surface area (Å²) in [7, 11) is 0. The predicted molar refractivity (Wildman–Crippen MR) is 73.4 cm³/mol. The lowest BCUT2D eigenvalue weighted by atomic mass is 10.1. The van der Waals surface area contributed by atoms with E-state index < -0.39 is 0 Å². The summed E-state index contributed by atoms with van der Waals surface area (Å²) in [5, 5.41) is 10.2. The summed E-state index contributed by atoms with van der Waals surface area (Å²) in [5.41, 5.74) is 0.640. The highest BCUT2D eigenvalue weighted by Crippen LogP contribution is 2.17. The van der Waals surface area contributed by atoms with Crippen molar-refractivity contribution in [1.82, 2.24) is 25.1 Å². The van der Waals surface area contributed by atoms with E-state index in [1.165, 1.54) is 11.0 Å². The topological polar surface area (TPSA) is 84.7 Å². The van der Waals surface area contributed by atoms with Gasteiger partial charge >= 0.3 is 0 Å². The van der Waals surface area contributed by atoms with Gasteiger partial charge in [0.05, 0.1) is 5.69 Å². The van der Waals surface area contributed by atoms with E-state index in [4.69, 9.17) is 0 Å². The molecule has 1 unspecified atom stereocenters. The maximum atomic E-state index is 12.1. The highest BCUT2D eigenvalue weighted by molar-refractivity contribution is 5.92. The van der Waals surface area contributed by atoms with Crippen LogP contribution in [0, 0.1) is 0 Å². The molecule has 1 fully saturated rings. The van der Waals surface area contributed by atoms with E-state index in [1.54, 1.807) is 18.6 Å². The number of pyridine rings is 1. The van der Waals surface area contributed by atoms with Crippen LogP contribution in [0.15, 0.2) is 31.0 Å². The molecule has 3 heterocycles. The summed E-state index contributed by atoms with van der Waals surface area (Å²) in [5.74, 6) is 0.552. The number of carbonyl (C=O) groups excluding carboxylic acids is 1. The minimum absolute atomic E-state index is 0.0150. The Bertz CT molecular complexity index is 576. The van der Waals surface area contributed by atoms with Gasteiger partial charge < -0.3 is 10.6 Å². The summed E-state index contributed by atoms with van der Waals surface area (Å²) in [4.78, 5) is 20.2. The molecule has 7 nitrogen and oxygen atoms in total. The van der Waals surface area contributed by atoms with Crippen LogP contribution in [0.25, 0.3) is 5.82 Å². The smallest absolute Gasteiger partial charge is 0.226 e. The van der Waals surface area contributed by atoms with Crippen LogP contribution < -0.4 is 10.6 Å². The molecule has 0 aromatic carbocycles. The highest BCUT2D eigenvalue weighted by Gasteiger charge is 2.18. The van der Waals surface area contributed by atoms with E-state index in [9.17, 15) is 4.79 Å². The van der Waals surface area contributed by atoms with Crippen LogP contribution in [-0.2, 0) is 4.79 Å². The van der Waals surface area contributed by atoms with Gasteiger partial charge in [0.1, 0.15) is 12.7 Å². The molecule has 1 aliphatic heterocycles. The second kappa shape index (κ2) is 5.79. The Kier molecular flexibility index (Phi) is 3.69. The van der Waals surface area contributed by atoms with Gasteiger partial charge in [0.25, 0.3) is 0 Å². The lowest BCUT2D eigenvalue weighted by molar-refractivity contribution is -0.116. The molecule has 1 atom stereocenters. The number of anilines is 1. The predicted octanol–water partition coefficient (Wildman–Crippen LogP) is 0.743. The van der Waals surface area contributed by atoms with Crippen LogP contribution in [0.2, 0.25) is 0 Å². The molecule has 20 heavy (non-hydrogen) atoms. The number of rotatable bonds is 4. The van der Waals surface area contributed by atoms with Crippen LogP contribution in [0.3, 0.4) is 0 Å². The van der Waals surface area contributed by atoms with Gasteiger partial charge in [-0.2, -0.15) is 5.10 Å². The Hall–Kier alpha value is -2.28. The van der Waals surface area contributed by atoms with Crippen molar-refractivity contribution in [3.8, 4) is 5.82 Å². The summed E-state index contributed by atoms with van der Waals surface area (Å²) in [6, 6.07) is 3.87. The third-order valence-electron chi connectivity index (χ3n) is 3.29. The highest BCUT2D eigenvalue weighted by atomic mass is 16.1. The molecule has 1 amide bonds. The Labute approximate surface area is 116 Å². The van der Waals surface area contributed by atoms with Crippen LogP contribution in [-0.4, -0.2) is 38.2 Å². The first-order valence-corrected chi connectivity index (χ1v) is 6.66. The lowest BCUT2D eigenvalue weighted by Gasteiger charge is -2.12. The fraction of sp³-hybridized carbons (Fsp3) is 0.385. The molecule has 2 aromatic heterocycles. The van der Waals surface area contributed by atoms with Crippen molar-refractivity contribution in [3.63, 3.8) is 0 Å². The molecule has 0 aliphatic carbocycles. The van der Waals surface area contributed by atoms with E-state index in [2.05, 4.69) is 25.7 Å². The minimum Gasteiger partial charge on any atom is -0.323 e. The molecule has 7 heteroatoms. The number of carbonyl (C=O) groups is 1. The van der Waals surface area contributed by atoms with Crippen LogP contribution in [0.4, 0.5) is 5.69 Å². The first kappa shape index (κ1) is 12.7. The lowest BCUT2D eigenvalue weighted by Crippen LogP contribution is -2.27. The summed E-state index contributed by atoms with van der Waals surface area (Å²) < 4.78 is 1.53. The van der Waals surface area contributed by atoms with Gasteiger partial charge in [0, 0.05) is 18.7 Å². The van der Waals surface area contributed by atoms with Gasteiger partial charge in [-0.1, -0.05) is 0 Å². The molecule has 1 aliphatic rings. The molecule has 2 aromatic rings. The molecule has 0 radical (unpaired) electrons. The maximum absolute atomic E-state index is 12.1. The normalized spacial score (nSPS) is 18.1. The van der Waals surface area contributed by atoms with Gasteiger partial charge in [0.2, 0.25) is 5.91 Å². The molecule has 0 saturated carbocycles. The minimum atomic E-state index is -0.0150. The van der Waals surface area contributed by atoms with Crippen molar-refractivity contribution < 1.29 is 4.79 Å². The van der Waals surface area contributed by atoms with Crippen molar-refractivity contribution in [1.29, 1.82) is 0 Å². The Morgan fingerprint density at radius 1 is 1.55 bits per heavy atom.